The molecule has 1 N–H and O–H groups in total. The lowest BCUT2D eigenvalue weighted by molar-refractivity contribution is -0.134. The molecule has 0 amide bonds. The molecule has 7 nitrogen and oxygen atoms in total. The number of fused-ring (bicyclic) bond motifs is 2. The van der Waals surface area contributed by atoms with Gasteiger partial charge in [-0.1, -0.05) is 18.0 Å². The number of anilines is 2. The summed E-state index contributed by atoms with van der Waals surface area (Å²) in [5.74, 6) is 1.94. The Morgan fingerprint density at radius 2 is 1.97 bits per heavy atom. The van der Waals surface area contributed by atoms with Crippen molar-refractivity contribution in [1.29, 1.82) is 0 Å². The highest BCUT2D eigenvalue weighted by Crippen LogP contribution is 2.38. The van der Waals surface area contributed by atoms with Crippen LogP contribution in [0.2, 0.25) is 5.02 Å². The van der Waals surface area contributed by atoms with Gasteiger partial charge in [0.1, 0.15) is 18.0 Å². The molecule has 9 heteroatoms. The molecular formula is C25H26ClFN4O3. The molecule has 2 atom stereocenters. The van der Waals surface area contributed by atoms with Crippen LogP contribution in [0.1, 0.15) is 25.7 Å². The summed E-state index contributed by atoms with van der Waals surface area (Å²) in [6.07, 6.45) is 5.67. The maximum Gasteiger partial charge on any atom is 0.312 e. The standard InChI is InChI=1S/C25H26ClFN4O3/c1-33-22-11-21-18(25(29-14-28-21)30-17-5-6-20(27)19(26)9-17)10-23(22)34-24(32)7-8-31-12-15-3-2-4-16(15)13-31/h5-6,9-11,14-16H,2-4,7-8,12-13H2,1H3,(H,28,29,30). The number of aromatic nitrogens is 2. The lowest BCUT2D eigenvalue weighted by Crippen LogP contribution is -2.26. The molecule has 1 saturated carbocycles. The second-order valence-corrected chi connectivity index (χ2v) is 9.34. The van der Waals surface area contributed by atoms with Gasteiger partial charge in [0, 0.05) is 36.8 Å². The van der Waals surface area contributed by atoms with Crippen molar-refractivity contribution in [2.24, 2.45) is 11.8 Å². The molecule has 2 fully saturated rings. The van der Waals surface area contributed by atoms with E-state index >= 15 is 0 Å². The van der Waals surface area contributed by atoms with Gasteiger partial charge < -0.3 is 19.7 Å². The van der Waals surface area contributed by atoms with E-state index in [-0.39, 0.29) is 11.0 Å². The second kappa shape index (κ2) is 9.72. The summed E-state index contributed by atoms with van der Waals surface area (Å²) in [4.78, 5) is 23.6. The van der Waals surface area contributed by atoms with E-state index in [9.17, 15) is 9.18 Å². The highest BCUT2D eigenvalue weighted by Gasteiger charge is 2.35. The van der Waals surface area contributed by atoms with Crippen molar-refractivity contribution in [3.63, 3.8) is 0 Å². The first-order valence-electron chi connectivity index (χ1n) is 11.5. The van der Waals surface area contributed by atoms with Gasteiger partial charge in [-0.05, 0) is 48.9 Å². The predicted octanol–water partition coefficient (Wildman–Crippen LogP) is 5.20. The minimum Gasteiger partial charge on any atom is -0.493 e. The molecule has 34 heavy (non-hydrogen) atoms. The van der Waals surface area contributed by atoms with Crippen LogP contribution in [0.5, 0.6) is 11.5 Å². The molecular weight excluding hydrogens is 459 g/mol. The van der Waals surface area contributed by atoms with Gasteiger partial charge in [0.25, 0.3) is 0 Å². The quantitative estimate of drug-likeness (QED) is 0.364. The van der Waals surface area contributed by atoms with Crippen LogP contribution in [0.25, 0.3) is 10.9 Å². The Labute approximate surface area is 202 Å². The van der Waals surface area contributed by atoms with E-state index in [2.05, 4.69) is 20.2 Å². The smallest absolute Gasteiger partial charge is 0.312 e. The van der Waals surface area contributed by atoms with Gasteiger partial charge in [0.2, 0.25) is 0 Å². The molecule has 0 bridgehead atoms. The average molecular weight is 485 g/mol. The summed E-state index contributed by atoms with van der Waals surface area (Å²) in [6.45, 7) is 2.86. The third-order valence-corrected chi connectivity index (χ3v) is 7.05. The number of halogens is 2. The van der Waals surface area contributed by atoms with E-state index in [1.54, 1.807) is 18.2 Å². The monoisotopic (exact) mass is 484 g/mol. The van der Waals surface area contributed by atoms with Crippen LogP contribution in [-0.2, 0) is 4.79 Å². The molecule has 3 aromatic rings. The average Bonchev–Trinajstić information content (AvgIpc) is 3.42. The Hall–Kier alpha value is -2.97. The van der Waals surface area contributed by atoms with Gasteiger partial charge in [-0.3, -0.25) is 4.79 Å². The van der Waals surface area contributed by atoms with E-state index in [1.807, 2.05) is 0 Å². The Balaban J connectivity index is 1.32. The third kappa shape index (κ3) is 4.79. The lowest BCUT2D eigenvalue weighted by atomic mass is 10.0. The van der Waals surface area contributed by atoms with Crippen LogP contribution in [0.3, 0.4) is 0 Å². The molecule has 1 aromatic heterocycles. The van der Waals surface area contributed by atoms with Gasteiger partial charge in [0.05, 0.1) is 24.1 Å². The van der Waals surface area contributed by atoms with Gasteiger partial charge in [-0.15, -0.1) is 0 Å². The summed E-state index contributed by atoms with van der Waals surface area (Å²) >= 11 is 5.90. The first-order chi connectivity index (χ1) is 16.5. The fraction of sp³-hybridized carbons (Fsp3) is 0.400. The molecule has 2 heterocycles. The van der Waals surface area contributed by atoms with Crippen LogP contribution < -0.4 is 14.8 Å². The van der Waals surface area contributed by atoms with Crippen LogP contribution >= 0.6 is 11.6 Å². The zero-order valence-electron chi connectivity index (χ0n) is 18.9. The molecule has 1 aliphatic carbocycles. The number of rotatable bonds is 7. The molecule has 5 rings (SSSR count). The van der Waals surface area contributed by atoms with Gasteiger partial charge in [0.15, 0.2) is 11.5 Å². The number of hydrogen-bond donors (Lipinski definition) is 1. The van der Waals surface area contributed by atoms with Gasteiger partial charge in [-0.2, -0.15) is 0 Å². The van der Waals surface area contributed by atoms with Crippen LogP contribution in [0, 0.1) is 17.7 Å². The Morgan fingerprint density at radius 1 is 1.18 bits per heavy atom. The molecule has 0 spiro atoms. The zero-order valence-corrected chi connectivity index (χ0v) is 19.6. The predicted molar refractivity (Wildman–Crippen MR) is 128 cm³/mol. The number of carbonyl (C=O) groups excluding carboxylic acids is 1. The van der Waals surface area contributed by atoms with Crippen molar-refractivity contribution in [3.05, 3.63) is 47.5 Å². The van der Waals surface area contributed by atoms with Crippen molar-refractivity contribution in [2.45, 2.75) is 25.7 Å². The summed E-state index contributed by atoms with van der Waals surface area (Å²) in [5.41, 5.74) is 1.17. The summed E-state index contributed by atoms with van der Waals surface area (Å²) < 4.78 is 24.7. The maximum atomic E-state index is 13.5. The number of benzene rings is 2. The van der Waals surface area contributed by atoms with Crippen LogP contribution in [0.15, 0.2) is 36.7 Å². The second-order valence-electron chi connectivity index (χ2n) is 8.93. The Kier molecular flexibility index (Phi) is 6.52. The van der Waals surface area contributed by atoms with E-state index in [1.165, 1.54) is 44.8 Å². The van der Waals surface area contributed by atoms with Crippen LogP contribution in [0.4, 0.5) is 15.9 Å². The van der Waals surface area contributed by atoms with Crippen molar-refractivity contribution >= 4 is 40.0 Å². The highest BCUT2D eigenvalue weighted by molar-refractivity contribution is 6.31. The van der Waals surface area contributed by atoms with Crippen LogP contribution in [-0.4, -0.2) is 47.6 Å². The first-order valence-corrected chi connectivity index (χ1v) is 11.9. The van der Waals surface area contributed by atoms with E-state index in [0.29, 0.717) is 46.9 Å². The number of hydrogen-bond acceptors (Lipinski definition) is 7. The van der Waals surface area contributed by atoms with Crippen molar-refractivity contribution in [1.82, 2.24) is 14.9 Å². The number of methoxy groups -OCH3 is 1. The van der Waals surface area contributed by atoms with E-state index in [0.717, 1.165) is 24.9 Å². The van der Waals surface area contributed by atoms with Crippen molar-refractivity contribution in [2.75, 3.05) is 32.1 Å². The lowest BCUT2D eigenvalue weighted by Gasteiger charge is -2.16. The minimum atomic E-state index is -0.504. The fourth-order valence-corrected chi connectivity index (χ4v) is 5.23. The van der Waals surface area contributed by atoms with Gasteiger partial charge >= 0.3 is 5.97 Å². The first kappa shape index (κ1) is 22.8. The summed E-state index contributed by atoms with van der Waals surface area (Å²) in [7, 11) is 1.52. The number of carbonyl (C=O) groups is 1. The van der Waals surface area contributed by atoms with Gasteiger partial charge in [-0.25, -0.2) is 14.4 Å². The summed E-state index contributed by atoms with van der Waals surface area (Å²) in [5, 5.41) is 3.75. The molecule has 2 unspecified atom stereocenters. The minimum absolute atomic E-state index is 0.00119. The molecule has 0 radical (unpaired) electrons. The molecule has 178 valence electrons. The molecule has 2 aliphatic rings. The maximum absolute atomic E-state index is 13.5. The van der Waals surface area contributed by atoms with E-state index < -0.39 is 5.82 Å². The van der Waals surface area contributed by atoms with E-state index in [4.69, 9.17) is 21.1 Å². The van der Waals surface area contributed by atoms with Crippen molar-refractivity contribution < 1.29 is 18.7 Å². The topological polar surface area (TPSA) is 76.6 Å². The normalized spacial score (nSPS) is 19.9. The number of nitrogens with one attached hydrogen (secondary N) is 1. The highest BCUT2D eigenvalue weighted by atomic mass is 35.5. The SMILES string of the molecule is COc1cc2ncnc(Nc3ccc(F)c(Cl)c3)c2cc1OC(=O)CCN1CC2CCCC2C1. The number of likely N-dealkylation sites (tertiary alicyclic amines) is 1. The molecule has 1 aliphatic heterocycles. The molecule has 2 aromatic carbocycles. The Morgan fingerprint density at radius 3 is 2.71 bits per heavy atom. The third-order valence-electron chi connectivity index (χ3n) is 6.76. The number of nitrogens with zero attached hydrogens (tertiary/aromatic N) is 3. The number of esters is 1. The Bertz CT molecular complexity index is 1210. The summed E-state index contributed by atoms with van der Waals surface area (Å²) in [6, 6.07) is 7.69. The fourth-order valence-electron chi connectivity index (χ4n) is 5.05. The molecule has 1 saturated heterocycles. The zero-order chi connectivity index (χ0) is 23.7. The van der Waals surface area contributed by atoms with Crippen molar-refractivity contribution in [3.8, 4) is 11.5 Å². The largest absolute Gasteiger partial charge is 0.493 e. The number of ether oxygens (including phenoxy) is 2.